The lowest BCUT2D eigenvalue weighted by Crippen LogP contribution is -2.30. The van der Waals surface area contributed by atoms with Crippen molar-refractivity contribution < 1.29 is 13.2 Å². The SMILES string of the molecule is CC(C)c1ccc(=O)n(C(F)(F)F)c1.CC(C)c1ccc(=O)n(C2CC2)c1.Cc1cc(C)c(C(C)C)cn1. The van der Waals surface area contributed by atoms with Crippen molar-refractivity contribution in [2.24, 2.45) is 0 Å². The van der Waals surface area contributed by atoms with E-state index in [1.165, 1.54) is 35.6 Å². The van der Waals surface area contributed by atoms with Crippen LogP contribution >= 0.6 is 0 Å². The number of alkyl halides is 3. The summed E-state index contributed by atoms with van der Waals surface area (Å²) in [5, 5.41) is 0. The van der Waals surface area contributed by atoms with Crippen LogP contribution in [-0.2, 0) is 6.30 Å². The van der Waals surface area contributed by atoms with Gasteiger partial charge < -0.3 is 4.57 Å². The van der Waals surface area contributed by atoms with E-state index >= 15 is 0 Å². The van der Waals surface area contributed by atoms with Crippen LogP contribution in [0.5, 0.6) is 0 Å². The summed E-state index contributed by atoms with van der Waals surface area (Å²) < 4.78 is 38.4. The second-order valence-corrected chi connectivity index (χ2v) is 10.7. The molecule has 3 aromatic heterocycles. The lowest BCUT2D eigenvalue weighted by Gasteiger charge is -2.12. The van der Waals surface area contributed by atoms with Crippen LogP contribution in [0.4, 0.5) is 13.2 Å². The van der Waals surface area contributed by atoms with Crippen molar-refractivity contribution in [2.75, 3.05) is 0 Å². The van der Waals surface area contributed by atoms with Crippen LogP contribution in [-0.4, -0.2) is 14.1 Å². The number of aryl methyl sites for hydroxylation is 2. The van der Waals surface area contributed by atoms with Crippen LogP contribution in [0, 0.1) is 13.8 Å². The molecule has 0 radical (unpaired) electrons. The molecule has 1 aliphatic rings. The Morgan fingerprint density at radius 2 is 1.34 bits per heavy atom. The molecule has 0 aromatic carbocycles. The van der Waals surface area contributed by atoms with E-state index < -0.39 is 11.9 Å². The first kappa shape index (κ1) is 31.1. The lowest BCUT2D eigenvalue weighted by molar-refractivity contribution is -0.206. The van der Waals surface area contributed by atoms with Crippen LogP contribution in [0.1, 0.15) is 106 Å². The normalized spacial score (nSPS) is 13.2. The van der Waals surface area contributed by atoms with Crippen molar-refractivity contribution in [3.8, 4) is 0 Å². The van der Waals surface area contributed by atoms with Gasteiger partial charge in [-0.1, -0.05) is 53.7 Å². The molecule has 3 heterocycles. The number of rotatable bonds is 4. The van der Waals surface area contributed by atoms with Gasteiger partial charge in [-0.15, -0.1) is 13.2 Å². The summed E-state index contributed by atoms with van der Waals surface area (Å²) in [5.41, 5.74) is 4.65. The van der Waals surface area contributed by atoms with Gasteiger partial charge in [0, 0.05) is 42.5 Å². The highest BCUT2D eigenvalue weighted by Crippen LogP contribution is 2.33. The molecule has 1 saturated carbocycles. The molecule has 3 aromatic rings. The molecular weight excluding hydrogens is 491 g/mol. The molecule has 8 heteroatoms. The van der Waals surface area contributed by atoms with Crippen LogP contribution < -0.4 is 11.1 Å². The highest BCUT2D eigenvalue weighted by Gasteiger charge is 2.31. The fourth-order valence-corrected chi connectivity index (χ4v) is 3.86. The topological polar surface area (TPSA) is 56.9 Å². The van der Waals surface area contributed by atoms with Crippen LogP contribution in [0.25, 0.3) is 0 Å². The lowest BCUT2D eigenvalue weighted by atomic mass is 10.0. The van der Waals surface area contributed by atoms with E-state index in [-0.39, 0.29) is 16.0 Å². The van der Waals surface area contributed by atoms with Gasteiger partial charge in [-0.3, -0.25) is 14.6 Å². The van der Waals surface area contributed by atoms with Crippen LogP contribution in [0.3, 0.4) is 0 Å². The Kier molecular flexibility index (Phi) is 10.7. The summed E-state index contributed by atoms with van der Waals surface area (Å²) in [6.45, 7) is 16.4. The molecule has 38 heavy (non-hydrogen) atoms. The van der Waals surface area contributed by atoms with Gasteiger partial charge in [-0.2, -0.15) is 0 Å². The number of aromatic nitrogens is 3. The zero-order valence-electron chi connectivity index (χ0n) is 23.6. The van der Waals surface area contributed by atoms with E-state index in [9.17, 15) is 22.8 Å². The van der Waals surface area contributed by atoms with Gasteiger partial charge in [-0.25, -0.2) is 4.57 Å². The molecule has 0 atom stereocenters. The van der Waals surface area contributed by atoms with Crippen molar-refractivity contribution in [1.82, 2.24) is 14.1 Å². The number of halogens is 3. The zero-order valence-corrected chi connectivity index (χ0v) is 23.6. The monoisotopic (exact) mass is 531 g/mol. The van der Waals surface area contributed by atoms with Gasteiger partial charge in [0.2, 0.25) is 0 Å². The first-order valence-corrected chi connectivity index (χ1v) is 13.1. The average Bonchev–Trinajstić information content (AvgIpc) is 3.64. The van der Waals surface area contributed by atoms with Crippen LogP contribution in [0.15, 0.2) is 58.5 Å². The fourth-order valence-electron chi connectivity index (χ4n) is 3.86. The molecule has 4 rings (SSSR count). The molecule has 0 unspecified atom stereocenters. The molecule has 5 nitrogen and oxygen atoms in total. The largest absolute Gasteiger partial charge is 0.491 e. The Morgan fingerprint density at radius 3 is 1.79 bits per heavy atom. The Balaban J connectivity index is 0.000000202. The van der Waals surface area contributed by atoms with Gasteiger partial charge in [0.25, 0.3) is 11.1 Å². The highest BCUT2D eigenvalue weighted by atomic mass is 19.4. The number of pyridine rings is 3. The average molecular weight is 532 g/mol. The molecule has 0 aliphatic heterocycles. The molecule has 1 fully saturated rings. The van der Waals surface area contributed by atoms with Crippen molar-refractivity contribution in [2.45, 2.75) is 98.3 Å². The van der Waals surface area contributed by atoms with Crippen molar-refractivity contribution in [1.29, 1.82) is 0 Å². The van der Waals surface area contributed by atoms with E-state index in [4.69, 9.17) is 0 Å². The highest BCUT2D eigenvalue weighted by molar-refractivity contribution is 5.27. The minimum absolute atomic E-state index is 0.0378. The van der Waals surface area contributed by atoms with E-state index in [0.29, 0.717) is 23.4 Å². The number of nitrogens with zero attached hydrogens (tertiary/aromatic N) is 3. The number of hydrogen-bond acceptors (Lipinski definition) is 3. The molecular formula is C30H40F3N3O2. The molecule has 0 N–H and O–H groups in total. The van der Waals surface area contributed by atoms with Crippen molar-refractivity contribution in [3.05, 3.63) is 97.6 Å². The number of hydrogen-bond donors (Lipinski definition) is 0. The predicted octanol–water partition coefficient (Wildman–Crippen LogP) is 7.58. The first-order valence-electron chi connectivity index (χ1n) is 13.1. The minimum Gasteiger partial charge on any atom is -0.312 e. The van der Waals surface area contributed by atoms with Gasteiger partial charge in [0.15, 0.2) is 0 Å². The Bertz CT molecular complexity index is 1320. The quantitative estimate of drug-likeness (QED) is 0.349. The van der Waals surface area contributed by atoms with Gasteiger partial charge in [0.1, 0.15) is 0 Å². The van der Waals surface area contributed by atoms with E-state index in [2.05, 4.69) is 45.7 Å². The van der Waals surface area contributed by atoms with E-state index in [1.807, 2.05) is 30.0 Å². The minimum atomic E-state index is -4.64. The molecule has 208 valence electrons. The third-order valence-corrected chi connectivity index (χ3v) is 6.35. The Labute approximate surface area is 223 Å². The third kappa shape index (κ3) is 8.99. The third-order valence-electron chi connectivity index (χ3n) is 6.35. The van der Waals surface area contributed by atoms with Gasteiger partial charge in [-0.05, 0) is 72.8 Å². The van der Waals surface area contributed by atoms with Gasteiger partial charge >= 0.3 is 6.30 Å². The molecule has 0 saturated heterocycles. The second-order valence-electron chi connectivity index (χ2n) is 10.7. The maximum Gasteiger partial charge on any atom is 0.491 e. The fraction of sp³-hybridized carbons (Fsp3) is 0.500. The Hall–Kier alpha value is -3.16. The van der Waals surface area contributed by atoms with E-state index in [1.54, 1.807) is 19.9 Å². The molecule has 0 spiro atoms. The summed E-state index contributed by atoms with van der Waals surface area (Å²) >= 11 is 0. The second kappa shape index (κ2) is 13.1. The maximum absolute atomic E-state index is 12.3. The molecule has 1 aliphatic carbocycles. The molecule has 0 amide bonds. The summed E-state index contributed by atoms with van der Waals surface area (Å²) in [4.78, 5) is 26.6. The first-order chi connectivity index (χ1) is 17.6. The summed E-state index contributed by atoms with van der Waals surface area (Å²) in [6, 6.07) is 8.60. The Morgan fingerprint density at radius 1 is 0.816 bits per heavy atom. The standard InChI is InChI=1S/C11H15NO.C10H15N.C9H10F3NO/c1-8(2)9-3-6-11(13)12(7-9)10-4-5-10;1-7(2)10-6-11-9(4)5-8(10)3;1-6(2)7-3-4-8(14)13(5-7)9(10,11)12/h3,6-8,10H,4-5H2,1-2H3;5-7H,1-4H3;3-6H,1-2H3. The van der Waals surface area contributed by atoms with Crippen LogP contribution in [0.2, 0.25) is 0 Å². The summed E-state index contributed by atoms with van der Waals surface area (Å²) in [5.74, 6) is 1.05. The van der Waals surface area contributed by atoms with Gasteiger partial charge in [0.05, 0.1) is 0 Å². The van der Waals surface area contributed by atoms with E-state index in [0.717, 1.165) is 18.0 Å². The molecule has 0 bridgehead atoms. The maximum atomic E-state index is 12.3. The zero-order chi connectivity index (χ0) is 28.8. The predicted molar refractivity (Wildman–Crippen MR) is 147 cm³/mol. The van der Waals surface area contributed by atoms with Crippen molar-refractivity contribution in [3.63, 3.8) is 0 Å². The van der Waals surface area contributed by atoms with Crippen molar-refractivity contribution >= 4 is 0 Å². The smallest absolute Gasteiger partial charge is 0.312 e. The summed E-state index contributed by atoms with van der Waals surface area (Å²) in [6.07, 6.45) is 2.54. The summed E-state index contributed by atoms with van der Waals surface area (Å²) in [7, 11) is 0.